The van der Waals surface area contributed by atoms with Crippen molar-refractivity contribution in [1.82, 2.24) is 5.43 Å². The average Bonchev–Trinajstić information content (AvgIpc) is 2.25. The summed E-state index contributed by atoms with van der Waals surface area (Å²) in [6, 6.07) is 7.41. The molecule has 0 atom stereocenters. The quantitative estimate of drug-likeness (QED) is 0.612. The number of aryl methyl sites for hydroxylation is 1. The number of rotatable bonds is 4. The van der Waals surface area contributed by atoms with Crippen LogP contribution >= 0.6 is 0 Å². The van der Waals surface area contributed by atoms with Crippen LogP contribution < -0.4 is 5.43 Å². The Morgan fingerprint density at radius 3 is 2.56 bits per heavy atom. The summed E-state index contributed by atoms with van der Waals surface area (Å²) < 4.78 is 0. The maximum Gasteiger partial charge on any atom is 0.271 e. The Hall–Kier alpha value is -1.64. The number of hydrazone groups is 1. The SMILES string of the molecule is Cc1ccc(C(=O)NN=CCC(C)C)cc1. The first kappa shape index (κ1) is 12.4. The van der Waals surface area contributed by atoms with Gasteiger partial charge in [-0.15, -0.1) is 0 Å². The number of nitrogens with one attached hydrogen (secondary N) is 1. The van der Waals surface area contributed by atoms with Gasteiger partial charge >= 0.3 is 0 Å². The van der Waals surface area contributed by atoms with Gasteiger partial charge in [-0.05, 0) is 31.4 Å². The summed E-state index contributed by atoms with van der Waals surface area (Å²) in [4.78, 5) is 11.6. The van der Waals surface area contributed by atoms with E-state index in [1.807, 2.05) is 19.1 Å². The molecular weight excluding hydrogens is 200 g/mol. The van der Waals surface area contributed by atoms with Crippen LogP contribution in [-0.2, 0) is 0 Å². The Balaban J connectivity index is 2.47. The molecule has 3 nitrogen and oxygen atoms in total. The normalized spacial score (nSPS) is 11.0. The van der Waals surface area contributed by atoms with Crippen molar-refractivity contribution in [3.63, 3.8) is 0 Å². The van der Waals surface area contributed by atoms with E-state index in [2.05, 4.69) is 24.4 Å². The molecule has 1 N–H and O–H groups in total. The molecule has 0 aromatic heterocycles. The molecule has 0 heterocycles. The molecule has 0 radical (unpaired) electrons. The largest absolute Gasteiger partial charge is 0.271 e. The van der Waals surface area contributed by atoms with Gasteiger partial charge in [0.25, 0.3) is 5.91 Å². The molecule has 0 unspecified atom stereocenters. The number of amides is 1. The third kappa shape index (κ3) is 4.26. The maximum absolute atomic E-state index is 11.6. The second-order valence-corrected chi connectivity index (χ2v) is 4.25. The second kappa shape index (κ2) is 6.05. The minimum Gasteiger partial charge on any atom is -0.267 e. The van der Waals surface area contributed by atoms with Crippen LogP contribution in [0.15, 0.2) is 29.4 Å². The van der Waals surface area contributed by atoms with Crippen LogP contribution in [0.1, 0.15) is 36.2 Å². The van der Waals surface area contributed by atoms with Crippen LogP contribution in [0.4, 0.5) is 0 Å². The van der Waals surface area contributed by atoms with Gasteiger partial charge in [-0.25, -0.2) is 5.43 Å². The minimum absolute atomic E-state index is 0.167. The van der Waals surface area contributed by atoms with Crippen LogP contribution in [0, 0.1) is 12.8 Å². The van der Waals surface area contributed by atoms with Gasteiger partial charge in [0.1, 0.15) is 0 Å². The van der Waals surface area contributed by atoms with Crippen molar-refractivity contribution in [3.05, 3.63) is 35.4 Å². The average molecular weight is 218 g/mol. The number of hydrogen-bond acceptors (Lipinski definition) is 2. The van der Waals surface area contributed by atoms with E-state index in [9.17, 15) is 4.79 Å². The van der Waals surface area contributed by atoms with Crippen molar-refractivity contribution in [3.8, 4) is 0 Å². The van der Waals surface area contributed by atoms with Gasteiger partial charge in [-0.3, -0.25) is 4.79 Å². The molecule has 1 rings (SSSR count). The Bertz CT molecular complexity index is 366. The molecule has 0 saturated carbocycles. The van der Waals surface area contributed by atoms with Crippen LogP contribution in [-0.4, -0.2) is 12.1 Å². The zero-order valence-corrected chi connectivity index (χ0v) is 10.0. The molecule has 1 aromatic rings. The smallest absolute Gasteiger partial charge is 0.267 e. The molecule has 3 heteroatoms. The van der Waals surface area contributed by atoms with E-state index in [4.69, 9.17) is 0 Å². The molecule has 0 saturated heterocycles. The lowest BCUT2D eigenvalue weighted by Gasteiger charge is -2.00. The first-order chi connectivity index (χ1) is 7.59. The first-order valence-corrected chi connectivity index (χ1v) is 5.48. The third-order valence-electron chi connectivity index (χ3n) is 2.15. The fourth-order valence-corrected chi connectivity index (χ4v) is 1.14. The van der Waals surface area contributed by atoms with Crippen LogP contribution in [0.5, 0.6) is 0 Å². The van der Waals surface area contributed by atoms with Gasteiger partial charge in [0, 0.05) is 11.8 Å². The summed E-state index contributed by atoms with van der Waals surface area (Å²) in [5.74, 6) is 0.389. The van der Waals surface area contributed by atoms with Crippen molar-refractivity contribution in [2.24, 2.45) is 11.0 Å². The highest BCUT2D eigenvalue weighted by atomic mass is 16.2. The molecule has 0 aliphatic carbocycles. The van der Waals surface area contributed by atoms with E-state index in [0.717, 1.165) is 12.0 Å². The molecule has 16 heavy (non-hydrogen) atoms. The van der Waals surface area contributed by atoms with Crippen LogP contribution in [0.25, 0.3) is 0 Å². The molecule has 0 fully saturated rings. The van der Waals surface area contributed by atoms with E-state index in [-0.39, 0.29) is 5.91 Å². The van der Waals surface area contributed by atoms with Crippen molar-refractivity contribution >= 4 is 12.1 Å². The Morgan fingerprint density at radius 1 is 1.38 bits per heavy atom. The van der Waals surface area contributed by atoms with E-state index in [1.165, 1.54) is 0 Å². The van der Waals surface area contributed by atoms with Crippen molar-refractivity contribution in [2.45, 2.75) is 27.2 Å². The lowest BCUT2D eigenvalue weighted by molar-refractivity contribution is 0.0955. The van der Waals surface area contributed by atoms with Gasteiger partial charge in [0.2, 0.25) is 0 Å². The van der Waals surface area contributed by atoms with E-state index in [0.29, 0.717) is 11.5 Å². The van der Waals surface area contributed by atoms with Crippen molar-refractivity contribution < 1.29 is 4.79 Å². The van der Waals surface area contributed by atoms with Crippen molar-refractivity contribution in [1.29, 1.82) is 0 Å². The van der Waals surface area contributed by atoms with Gasteiger partial charge in [-0.1, -0.05) is 31.5 Å². The Labute approximate surface area is 96.6 Å². The molecule has 0 spiro atoms. The summed E-state index contributed by atoms with van der Waals surface area (Å²) in [5, 5.41) is 3.89. The van der Waals surface area contributed by atoms with E-state index in [1.54, 1.807) is 18.3 Å². The molecule has 1 aromatic carbocycles. The second-order valence-electron chi connectivity index (χ2n) is 4.25. The van der Waals surface area contributed by atoms with Gasteiger partial charge in [0.05, 0.1) is 0 Å². The standard InChI is InChI=1S/C13H18N2O/c1-10(2)8-9-14-15-13(16)12-6-4-11(3)5-7-12/h4-7,9-10H,8H2,1-3H3,(H,15,16). The maximum atomic E-state index is 11.6. The highest BCUT2D eigenvalue weighted by molar-refractivity contribution is 5.94. The molecule has 0 aliphatic rings. The number of nitrogens with zero attached hydrogens (tertiary/aromatic N) is 1. The highest BCUT2D eigenvalue weighted by Crippen LogP contribution is 2.02. The lowest BCUT2D eigenvalue weighted by Crippen LogP contribution is -2.17. The minimum atomic E-state index is -0.167. The van der Waals surface area contributed by atoms with Gasteiger partial charge < -0.3 is 0 Å². The zero-order chi connectivity index (χ0) is 12.0. The Kier molecular flexibility index (Phi) is 4.70. The number of hydrogen-bond donors (Lipinski definition) is 1. The van der Waals surface area contributed by atoms with Gasteiger partial charge in [0.15, 0.2) is 0 Å². The van der Waals surface area contributed by atoms with Crippen LogP contribution in [0.3, 0.4) is 0 Å². The monoisotopic (exact) mass is 218 g/mol. The van der Waals surface area contributed by atoms with Gasteiger partial charge in [-0.2, -0.15) is 5.10 Å². The molecule has 1 amide bonds. The molecular formula is C13H18N2O. The fourth-order valence-electron chi connectivity index (χ4n) is 1.14. The lowest BCUT2D eigenvalue weighted by atomic mass is 10.1. The molecule has 0 bridgehead atoms. The summed E-state index contributed by atoms with van der Waals surface area (Å²) >= 11 is 0. The van der Waals surface area contributed by atoms with Crippen LogP contribution in [0.2, 0.25) is 0 Å². The Morgan fingerprint density at radius 2 is 2.00 bits per heavy atom. The number of benzene rings is 1. The summed E-state index contributed by atoms with van der Waals surface area (Å²) in [6.45, 7) is 6.20. The highest BCUT2D eigenvalue weighted by Gasteiger charge is 2.02. The number of carbonyl (C=O) groups is 1. The number of carbonyl (C=O) groups excluding carboxylic acids is 1. The summed E-state index contributed by atoms with van der Waals surface area (Å²) in [7, 11) is 0. The summed E-state index contributed by atoms with van der Waals surface area (Å²) in [6.07, 6.45) is 2.60. The summed E-state index contributed by atoms with van der Waals surface area (Å²) in [5.41, 5.74) is 4.27. The molecule has 0 aliphatic heterocycles. The molecule has 86 valence electrons. The predicted octanol–water partition coefficient (Wildman–Crippen LogP) is 2.76. The third-order valence-corrected chi connectivity index (χ3v) is 2.15. The van der Waals surface area contributed by atoms with E-state index < -0.39 is 0 Å². The fraction of sp³-hybridized carbons (Fsp3) is 0.385. The topological polar surface area (TPSA) is 41.5 Å². The first-order valence-electron chi connectivity index (χ1n) is 5.48. The van der Waals surface area contributed by atoms with Crippen molar-refractivity contribution in [2.75, 3.05) is 0 Å². The zero-order valence-electron chi connectivity index (χ0n) is 10.0. The van der Waals surface area contributed by atoms with E-state index >= 15 is 0 Å². The predicted molar refractivity (Wildman–Crippen MR) is 66.6 cm³/mol.